The Morgan fingerprint density at radius 3 is 2.07 bits per heavy atom. The first-order chi connectivity index (χ1) is 6.91. The SMILES string of the molecule is C[Si]1(C)SC(c2ccccc2)[Si](C)(C)S1. The highest BCUT2D eigenvalue weighted by atomic mass is 32.7. The van der Waals surface area contributed by atoms with Crippen LogP contribution in [0.15, 0.2) is 30.3 Å². The van der Waals surface area contributed by atoms with E-state index in [-0.39, 0.29) is 0 Å². The molecule has 1 aliphatic heterocycles. The molecule has 0 spiro atoms. The molecule has 0 aliphatic carbocycles. The van der Waals surface area contributed by atoms with Crippen LogP contribution in [-0.2, 0) is 0 Å². The predicted molar refractivity (Wildman–Crippen MR) is 79.3 cm³/mol. The molecule has 0 radical (unpaired) electrons. The van der Waals surface area contributed by atoms with Crippen molar-refractivity contribution < 1.29 is 0 Å². The van der Waals surface area contributed by atoms with Gasteiger partial charge in [0.2, 0.25) is 0 Å². The lowest BCUT2D eigenvalue weighted by Crippen LogP contribution is -2.26. The molecular weight excluding hydrogens is 252 g/mol. The summed E-state index contributed by atoms with van der Waals surface area (Å²) >= 11 is 2.29. The van der Waals surface area contributed by atoms with E-state index < -0.39 is 13.6 Å². The fourth-order valence-corrected chi connectivity index (χ4v) is 42.8. The Bertz CT molecular complexity index is 349. The average molecular weight is 271 g/mol. The Morgan fingerprint density at radius 2 is 1.60 bits per heavy atom. The third-order valence-corrected chi connectivity index (χ3v) is 28.1. The number of hydrogen-bond donors (Lipinski definition) is 0. The second-order valence-corrected chi connectivity index (χ2v) is 26.1. The van der Waals surface area contributed by atoms with Gasteiger partial charge in [0.05, 0.1) is 0 Å². The van der Waals surface area contributed by atoms with E-state index in [9.17, 15) is 0 Å². The van der Waals surface area contributed by atoms with Crippen molar-refractivity contribution in [3.05, 3.63) is 35.9 Å². The molecule has 4 heteroatoms. The van der Waals surface area contributed by atoms with Crippen molar-refractivity contribution in [2.75, 3.05) is 0 Å². The zero-order valence-corrected chi connectivity index (χ0v) is 13.4. The summed E-state index contributed by atoms with van der Waals surface area (Å²) in [6.07, 6.45) is -1.03. The van der Waals surface area contributed by atoms with E-state index in [1.807, 2.05) is 0 Å². The monoisotopic (exact) mass is 270 g/mol. The Morgan fingerprint density at radius 1 is 1.00 bits per heavy atom. The third-order valence-electron chi connectivity index (χ3n) is 2.64. The molecule has 1 aromatic carbocycles. The van der Waals surface area contributed by atoms with Gasteiger partial charge in [0.15, 0.2) is 6.37 Å². The van der Waals surface area contributed by atoms with E-state index in [4.69, 9.17) is 0 Å². The van der Waals surface area contributed by atoms with Crippen LogP contribution in [0.3, 0.4) is 0 Å². The van der Waals surface area contributed by atoms with E-state index in [0.29, 0.717) is 0 Å². The fraction of sp³-hybridized carbons (Fsp3) is 0.455. The van der Waals surface area contributed by atoms with Gasteiger partial charge in [-0.1, -0.05) is 56.5 Å². The summed E-state index contributed by atoms with van der Waals surface area (Å²) in [6, 6.07) is 11.1. The summed E-state index contributed by atoms with van der Waals surface area (Å²) in [5.41, 5.74) is 1.56. The van der Waals surface area contributed by atoms with E-state index in [0.717, 1.165) is 4.87 Å². The Balaban J connectivity index is 2.31. The van der Waals surface area contributed by atoms with Crippen LogP contribution in [0, 0.1) is 0 Å². The molecule has 1 atom stereocenters. The largest absolute Gasteiger partial charge is 0.193 e. The van der Waals surface area contributed by atoms with Gasteiger partial charge in [-0.15, -0.1) is 0 Å². The maximum absolute atomic E-state index is 2.53. The van der Waals surface area contributed by atoms with Crippen LogP contribution in [0.1, 0.15) is 10.4 Å². The van der Waals surface area contributed by atoms with Gasteiger partial charge in [-0.05, 0) is 5.56 Å². The molecule has 0 N–H and O–H groups in total. The quantitative estimate of drug-likeness (QED) is 0.681. The first kappa shape index (κ1) is 11.8. The Hall–Kier alpha value is 0.354. The zero-order chi connectivity index (χ0) is 11.1. The summed E-state index contributed by atoms with van der Waals surface area (Å²) in [5, 5.41) is 0. The van der Waals surface area contributed by atoms with Crippen molar-refractivity contribution in [2.24, 2.45) is 0 Å². The van der Waals surface area contributed by atoms with Crippen LogP contribution < -0.4 is 0 Å². The molecule has 0 saturated carbocycles. The first-order valence-electron chi connectivity index (χ1n) is 5.34. The fourth-order valence-electron chi connectivity index (χ4n) is 2.23. The van der Waals surface area contributed by atoms with Crippen LogP contribution in [0.4, 0.5) is 0 Å². The molecule has 0 amide bonds. The second-order valence-electron chi connectivity index (χ2n) is 5.01. The molecular formula is C11H18S2Si2. The summed E-state index contributed by atoms with van der Waals surface area (Å²) in [5.74, 6) is 0. The minimum absolute atomic E-state index is 0.811. The van der Waals surface area contributed by atoms with Crippen molar-refractivity contribution >= 4 is 35.5 Å². The number of rotatable bonds is 1. The highest BCUT2D eigenvalue weighted by Crippen LogP contribution is 2.59. The van der Waals surface area contributed by atoms with Crippen LogP contribution in [-0.4, -0.2) is 13.6 Å². The molecule has 0 aromatic heterocycles. The molecule has 15 heavy (non-hydrogen) atoms. The van der Waals surface area contributed by atoms with Crippen LogP contribution in [0.25, 0.3) is 0 Å². The van der Waals surface area contributed by atoms with Crippen LogP contribution in [0.2, 0.25) is 26.2 Å². The Labute approximate surface area is 102 Å². The number of hydrogen-bond acceptors (Lipinski definition) is 2. The summed E-state index contributed by atoms with van der Waals surface area (Å²) in [7, 11) is 1.26. The Kier molecular flexibility index (Phi) is 3.14. The zero-order valence-electron chi connectivity index (χ0n) is 9.78. The minimum atomic E-state index is -1.10. The smallest absolute Gasteiger partial charge is 0.165 e. The van der Waals surface area contributed by atoms with E-state index in [2.05, 4.69) is 78.4 Å². The molecule has 0 bridgehead atoms. The maximum atomic E-state index is 2.53. The van der Waals surface area contributed by atoms with Gasteiger partial charge in [0.25, 0.3) is 0 Å². The molecule has 1 aromatic rings. The topological polar surface area (TPSA) is 0 Å². The minimum Gasteiger partial charge on any atom is -0.193 e. The molecule has 2 rings (SSSR count). The lowest BCUT2D eigenvalue weighted by atomic mass is 10.2. The average Bonchev–Trinajstić information content (AvgIpc) is 2.36. The highest BCUT2D eigenvalue weighted by molar-refractivity contribution is 8.73. The second kappa shape index (κ2) is 3.98. The molecule has 1 fully saturated rings. The van der Waals surface area contributed by atoms with Gasteiger partial charge in [-0.3, -0.25) is 0 Å². The van der Waals surface area contributed by atoms with E-state index >= 15 is 0 Å². The maximum Gasteiger partial charge on any atom is 0.165 e. The highest BCUT2D eigenvalue weighted by Gasteiger charge is 2.49. The predicted octanol–water partition coefficient (Wildman–Crippen LogP) is 4.65. The van der Waals surface area contributed by atoms with E-state index in [1.165, 1.54) is 0 Å². The van der Waals surface area contributed by atoms with Gasteiger partial charge in [0.1, 0.15) is 7.22 Å². The summed E-state index contributed by atoms with van der Waals surface area (Å²) in [4.78, 5) is 0.811. The normalized spacial score (nSPS) is 27.9. The molecule has 1 saturated heterocycles. The molecule has 1 aliphatic rings. The van der Waals surface area contributed by atoms with Crippen LogP contribution >= 0.6 is 21.9 Å². The summed E-state index contributed by atoms with van der Waals surface area (Å²) < 4.78 is 0. The lowest BCUT2D eigenvalue weighted by Gasteiger charge is -2.23. The van der Waals surface area contributed by atoms with Gasteiger partial charge in [-0.2, -0.15) is 21.9 Å². The van der Waals surface area contributed by atoms with Crippen molar-refractivity contribution in [1.82, 2.24) is 0 Å². The van der Waals surface area contributed by atoms with Crippen LogP contribution in [0.5, 0.6) is 0 Å². The van der Waals surface area contributed by atoms with Crippen molar-refractivity contribution in [3.63, 3.8) is 0 Å². The molecule has 0 nitrogen and oxygen atoms in total. The van der Waals surface area contributed by atoms with Gasteiger partial charge < -0.3 is 0 Å². The molecule has 82 valence electrons. The lowest BCUT2D eigenvalue weighted by molar-refractivity contribution is 1.32. The van der Waals surface area contributed by atoms with Crippen molar-refractivity contribution in [2.45, 2.75) is 31.1 Å². The van der Waals surface area contributed by atoms with Gasteiger partial charge in [0, 0.05) is 4.87 Å². The number of benzene rings is 1. The standard InChI is InChI=1S/C11H18S2Si2/c1-14(2)11(12-15(3,4)13-14)10-8-6-5-7-9-10/h5-9,11H,1-4H3. The first-order valence-corrected chi connectivity index (χ1v) is 15.3. The van der Waals surface area contributed by atoms with Gasteiger partial charge in [-0.25, -0.2) is 0 Å². The van der Waals surface area contributed by atoms with Gasteiger partial charge >= 0.3 is 0 Å². The molecule has 1 unspecified atom stereocenters. The summed E-state index contributed by atoms with van der Waals surface area (Å²) in [6.45, 7) is 10.1. The molecule has 1 heterocycles. The third kappa shape index (κ3) is 2.54. The van der Waals surface area contributed by atoms with Crippen molar-refractivity contribution in [3.8, 4) is 0 Å². The van der Waals surface area contributed by atoms with Crippen molar-refractivity contribution in [1.29, 1.82) is 0 Å². The van der Waals surface area contributed by atoms with E-state index in [1.54, 1.807) is 5.56 Å².